The van der Waals surface area contributed by atoms with Gasteiger partial charge in [-0.05, 0) is 18.6 Å². The summed E-state index contributed by atoms with van der Waals surface area (Å²) in [5.41, 5.74) is 1.37. The minimum atomic E-state index is 0.173. The minimum absolute atomic E-state index is 0.173. The predicted molar refractivity (Wildman–Crippen MR) is 59.6 cm³/mol. The third-order valence-corrected chi connectivity index (χ3v) is 3.64. The van der Waals surface area contributed by atoms with Crippen LogP contribution in [0.25, 0.3) is 0 Å². The highest BCUT2D eigenvalue weighted by Gasteiger charge is 2.23. The van der Waals surface area contributed by atoms with Gasteiger partial charge in [0.1, 0.15) is 0 Å². The van der Waals surface area contributed by atoms with Gasteiger partial charge in [0.15, 0.2) is 0 Å². The number of hydrogen-bond acceptors (Lipinski definition) is 3. The van der Waals surface area contributed by atoms with Gasteiger partial charge in [-0.3, -0.25) is 0 Å². The number of rotatable bonds is 3. The fraction of sp³-hybridized carbons (Fsp3) is 0.455. The van der Waals surface area contributed by atoms with Crippen molar-refractivity contribution in [2.45, 2.75) is 23.9 Å². The first kappa shape index (κ1) is 10.0. The van der Waals surface area contributed by atoms with E-state index in [4.69, 9.17) is 5.11 Å². The first-order valence-electron chi connectivity index (χ1n) is 4.90. The molecule has 2 nitrogen and oxygen atoms in total. The minimum Gasteiger partial charge on any atom is -0.395 e. The molecule has 0 fully saturated rings. The SMILES string of the molecule is C[C@H](CO)NC1CSc2ccccc21. The van der Waals surface area contributed by atoms with Crippen molar-refractivity contribution in [2.75, 3.05) is 12.4 Å². The van der Waals surface area contributed by atoms with Gasteiger partial charge >= 0.3 is 0 Å². The van der Waals surface area contributed by atoms with Crippen LogP contribution in [0.3, 0.4) is 0 Å². The van der Waals surface area contributed by atoms with E-state index in [1.54, 1.807) is 0 Å². The lowest BCUT2D eigenvalue weighted by Gasteiger charge is -2.17. The number of benzene rings is 1. The highest BCUT2D eigenvalue weighted by Crippen LogP contribution is 2.37. The number of fused-ring (bicyclic) bond motifs is 1. The molecule has 2 atom stereocenters. The molecule has 1 aliphatic rings. The lowest BCUT2D eigenvalue weighted by Crippen LogP contribution is -2.33. The Balaban J connectivity index is 2.10. The molecule has 0 aliphatic carbocycles. The van der Waals surface area contributed by atoms with Crippen molar-refractivity contribution >= 4 is 11.8 Å². The molecule has 76 valence electrons. The summed E-state index contributed by atoms with van der Waals surface area (Å²) in [5.74, 6) is 1.07. The average molecular weight is 209 g/mol. The molecule has 0 bridgehead atoms. The molecule has 0 amide bonds. The summed E-state index contributed by atoms with van der Waals surface area (Å²) in [6, 6.07) is 9.04. The van der Waals surface area contributed by atoms with E-state index in [1.807, 2.05) is 18.7 Å². The van der Waals surface area contributed by atoms with E-state index in [0.29, 0.717) is 6.04 Å². The van der Waals surface area contributed by atoms with Gasteiger partial charge in [0.2, 0.25) is 0 Å². The third-order valence-electron chi connectivity index (χ3n) is 2.46. The van der Waals surface area contributed by atoms with Crippen LogP contribution < -0.4 is 5.32 Å². The summed E-state index contributed by atoms with van der Waals surface area (Å²) in [5, 5.41) is 12.4. The second-order valence-corrected chi connectivity index (χ2v) is 4.71. The van der Waals surface area contributed by atoms with Crippen LogP contribution in [0, 0.1) is 0 Å². The van der Waals surface area contributed by atoms with Gasteiger partial charge in [0.25, 0.3) is 0 Å². The monoisotopic (exact) mass is 209 g/mol. The average Bonchev–Trinajstić information content (AvgIpc) is 2.62. The summed E-state index contributed by atoms with van der Waals surface area (Å²) in [4.78, 5) is 1.37. The molecule has 0 saturated heterocycles. The van der Waals surface area contributed by atoms with Crippen LogP contribution in [-0.2, 0) is 0 Å². The Morgan fingerprint density at radius 2 is 2.36 bits per heavy atom. The maximum Gasteiger partial charge on any atom is 0.0582 e. The molecule has 14 heavy (non-hydrogen) atoms. The number of nitrogens with one attached hydrogen (secondary N) is 1. The Hall–Kier alpha value is -0.510. The van der Waals surface area contributed by atoms with Crippen LogP contribution in [0.5, 0.6) is 0 Å². The van der Waals surface area contributed by atoms with Gasteiger partial charge in [0, 0.05) is 22.7 Å². The zero-order chi connectivity index (χ0) is 9.97. The Morgan fingerprint density at radius 3 is 3.14 bits per heavy atom. The van der Waals surface area contributed by atoms with Crippen molar-refractivity contribution in [1.82, 2.24) is 5.32 Å². The third kappa shape index (κ3) is 1.95. The molecule has 0 saturated carbocycles. The van der Waals surface area contributed by atoms with E-state index in [2.05, 4.69) is 29.6 Å². The topological polar surface area (TPSA) is 32.3 Å². The van der Waals surface area contributed by atoms with Crippen LogP contribution in [0.1, 0.15) is 18.5 Å². The van der Waals surface area contributed by atoms with Gasteiger partial charge in [-0.25, -0.2) is 0 Å². The smallest absolute Gasteiger partial charge is 0.0582 e. The molecule has 1 unspecified atom stereocenters. The first-order valence-corrected chi connectivity index (χ1v) is 5.88. The number of thioether (sulfide) groups is 1. The van der Waals surface area contributed by atoms with Crippen LogP contribution in [-0.4, -0.2) is 23.5 Å². The van der Waals surface area contributed by atoms with E-state index in [9.17, 15) is 0 Å². The van der Waals surface area contributed by atoms with Gasteiger partial charge in [-0.2, -0.15) is 0 Å². The van der Waals surface area contributed by atoms with E-state index in [0.717, 1.165) is 5.75 Å². The highest BCUT2D eigenvalue weighted by molar-refractivity contribution is 7.99. The highest BCUT2D eigenvalue weighted by atomic mass is 32.2. The van der Waals surface area contributed by atoms with Crippen LogP contribution in [0.4, 0.5) is 0 Å². The maximum atomic E-state index is 8.97. The summed E-state index contributed by atoms with van der Waals surface area (Å²) >= 11 is 1.88. The van der Waals surface area contributed by atoms with E-state index in [1.165, 1.54) is 10.5 Å². The lowest BCUT2D eigenvalue weighted by atomic mass is 10.1. The Labute approximate surface area is 88.7 Å². The van der Waals surface area contributed by atoms with Crippen molar-refractivity contribution in [1.29, 1.82) is 0 Å². The molecule has 1 aliphatic heterocycles. The second-order valence-electron chi connectivity index (χ2n) is 3.65. The maximum absolute atomic E-state index is 8.97. The summed E-state index contributed by atoms with van der Waals surface area (Å²) in [7, 11) is 0. The molecule has 0 aromatic heterocycles. The van der Waals surface area contributed by atoms with Crippen LogP contribution in [0.2, 0.25) is 0 Å². The molecule has 2 N–H and O–H groups in total. The number of aliphatic hydroxyl groups excluding tert-OH is 1. The standard InChI is InChI=1S/C11H15NOS/c1-8(6-13)12-10-7-14-11-5-3-2-4-9(10)11/h2-5,8,10,12-13H,6-7H2,1H3/t8-,10?/m1/s1. The quantitative estimate of drug-likeness (QED) is 0.796. The fourth-order valence-electron chi connectivity index (χ4n) is 1.70. The number of hydrogen-bond donors (Lipinski definition) is 2. The predicted octanol–water partition coefficient (Wildman–Crippen LogP) is 1.80. The zero-order valence-electron chi connectivity index (χ0n) is 8.23. The van der Waals surface area contributed by atoms with E-state index in [-0.39, 0.29) is 12.6 Å². The summed E-state index contributed by atoms with van der Waals surface area (Å²) in [6.45, 7) is 2.20. The Morgan fingerprint density at radius 1 is 1.57 bits per heavy atom. The lowest BCUT2D eigenvalue weighted by molar-refractivity contribution is 0.244. The molecule has 0 spiro atoms. The molecule has 2 rings (SSSR count). The van der Waals surface area contributed by atoms with E-state index < -0.39 is 0 Å². The first-order chi connectivity index (χ1) is 6.81. The fourth-order valence-corrected chi connectivity index (χ4v) is 2.87. The van der Waals surface area contributed by atoms with Crippen molar-refractivity contribution in [3.63, 3.8) is 0 Å². The Kier molecular flexibility index (Phi) is 3.11. The molecule has 1 aromatic rings. The second kappa shape index (κ2) is 4.34. The van der Waals surface area contributed by atoms with Crippen molar-refractivity contribution in [2.24, 2.45) is 0 Å². The van der Waals surface area contributed by atoms with Crippen LogP contribution in [0.15, 0.2) is 29.2 Å². The van der Waals surface area contributed by atoms with Gasteiger partial charge in [-0.15, -0.1) is 11.8 Å². The van der Waals surface area contributed by atoms with Gasteiger partial charge < -0.3 is 10.4 Å². The van der Waals surface area contributed by atoms with Gasteiger partial charge in [-0.1, -0.05) is 18.2 Å². The largest absolute Gasteiger partial charge is 0.395 e. The zero-order valence-corrected chi connectivity index (χ0v) is 9.05. The number of aliphatic hydroxyl groups is 1. The molecule has 1 heterocycles. The molecule has 3 heteroatoms. The van der Waals surface area contributed by atoms with Crippen molar-refractivity contribution < 1.29 is 5.11 Å². The molecular weight excluding hydrogens is 194 g/mol. The summed E-state index contributed by atoms with van der Waals surface area (Å²) in [6.07, 6.45) is 0. The van der Waals surface area contributed by atoms with Gasteiger partial charge in [0.05, 0.1) is 6.61 Å². The van der Waals surface area contributed by atoms with Crippen LogP contribution >= 0.6 is 11.8 Å². The summed E-state index contributed by atoms with van der Waals surface area (Å²) < 4.78 is 0. The van der Waals surface area contributed by atoms with Crippen molar-refractivity contribution in [3.05, 3.63) is 29.8 Å². The Bertz CT molecular complexity index is 316. The molecule has 1 aromatic carbocycles. The molecule has 0 radical (unpaired) electrons. The molecular formula is C11H15NOS. The van der Waals surface area contributed by atoms with E-state index >= 15 is 0 Å². The van der Waals surface area contributed by atoms with Crippen molar-refractivity contribution in [3.8, 4) is 0 Å². The normalized spacial score (nSPS) is 22.0.